The minimum absolute atomic E-state index is 0.0523. The van der Waals surface area contributed by atoms with E-state index >= 15 is 0 Å². The van der Waals surface area contributed by atoms with Gasteiger partial charge in [-0.15, -0.1) is 0 Å². The average Bonchev–Trinajstić information content (AvgIpc) is 2.57. The van der Waals surface area contributed by atoms with E-state index in [1.807, 2.05) is 13.8 Å². The maximum Gasteiger partial charge on any atom is 0.461 e. The highest BCUT2D eigenvalue weighted by Crippen LogP contribution is 2.39. The molecule has 1 heterocycles. The third-order valence-electron chi connectivity index (χ3n) is 4.37. The highest BCUT2D eigenvalue weighted by molar-refractivity contribution is 5.30. The molecule has 1 atom stereocenters. The molecule has 8 heteroatoms. The van der Waals surface area contributed by atoms with Crippen LogP contribution in [0.25, 0.3) is 0 Å². The molecule has 2 rings (SSSR count). The fourth-order valence-electron chi connectivity index (χ4n) is 3.10. The molecule has 4 nitrogen and oxygen atoms in total. The number of hydrogen-bond donors (Lipinski definition) is 2. The van der Waals surface area contributed by atoms with Gasteiger partial charge < -0.3 is 15.2 Å². The largest absolute Gasteiger partial charge is 0.461 e. The lowest BCUT2D eigenvalue weighted by atomic mass is 9.79. The Bertz CT molecular complexity index is 546. The SMILES string of the molecule is CC(C)(CO)[C@H](c1ccc(OC(F)(F)C(F)F)cc1)N1CCNCC1. The average molecular weight is 364 g/mol. The zero-order valence-electron chi connectivity index (χ0n) is 14.3. The number of halogens is 4. The van der Waals surface area contributed by atoms with E-state index in [0.29, 0.717) is 0 Å². The minimum Gasteiger partial charge on any atom is -0.428 e. The maximum atomic E-state index is 13.0. The Labute approximate surface area is 144 Å². The summed E-state index contributed by atoms with van der Waals surface area (Å²) in [4.78, 5) is 2.22. The van der Waals surface area contributed by atoms with Gasteiger partial charge in [0.1, 0.15) is 5.75 Å². The van der Waals surface area contributed by atoms with Gasteiger partial charge in [-0.3, -0.25) is 4.90 Å². The van der Waals surface area contributed by atoms with E-state index < -0.39 is 17.9 Å². The van der Waals surface area contributed by atoms with Gasteiger partial charge in [-0.25, -0.2) is 0 Å². The molecule has 2 N–H and O–H groups in total. The van der Waals surface area contributed by atoms with E-state index in [-0.39, 0.29) is 18.4 Å². The lowest BCUT2D eigenvalue weighted by Gasteiger charge is -2.43. The number of alkyl halides is 4. The lowest BCUT2D eigenvalue weighted by molar-refractivity contribution is -0.253. The molecule has 0 aromatic heterocycles. The van der Waals surface area contributed by atoms with Gasteiger partial charge in [0.2, 0.25) is 0 Å². The zero-order valence-corrected chi connectivity index (χ0v) is 14.3. The number of hydrogen-bond acceptors (Lipinski definition) is 4. The van der Waals surface area contributed by atoms with Gasteiger partial charge in [0.15, 0.2) is 0 Å². The Hall–Kier alpha value is -1.38. The van der Waals surface area contributed by atoms with Crippen LogP contribution < -0.4 is 10.1 Å². The topological polar surface area (TPSA) is 44.7 Å². The van der Waals surface area contributed by atoms with Crippen LogP contribution in [0.2, 0.25) is 0 Å². The van der Waals surface area contributed by atoms with Crippen molar-refractivity contribution in [3.63, 3.8) is 0 Å². The predicted octanol–water partition coefficient (Wildman–Crippen LogP) is 2.89. The highest BCUT2D eigenvalue weighted by Gasteiger charge is 2.44. The second-order valence-electron chi connectivity index (χ2n) is 6.87. The molecule has 0 unspecified atom stereocenters. The molecular weight excluding hydrogens is 340 g/mol. The summed E-state index contributed by atoms with van der Waals surface area (Å²) >= 11 is 0. The molecule has 1 aromatic carbocycles. The first kappa shape index (κ1) is 19.9. The summed E-state index contributed by atoms with van der Waals surface area (Å²) in [5, 5.41) is 13.0. The number of nitrogens with one attached hydrogen (secondary N) is 1. The molecule has 25 heavy (non-hydrogen) atoms. The summed E-state index contributed by atoms with van der Waals surface area (Å²) in [6.07, 6.45) is -8.42. The van der Waals surface area contributed by atoms with Crippen molar-refractivity contribution in [2.45, 2.75) is 32.4 Å². The Balaban J connectivity index is 2.23. The Morgan fingerprint density at radius 3 is 2.20 bits per heavy atom. The summed E-state index contributed by atoms with van der Waals surface area (Å²) < 4.78 is 54.6. The molecule has 0 aliphatic carbocycles. The third kappa shape index (κ3) is 4.83. The monoisotopic (exact) mass is 364 g/mol. The van der Waals surface area contributed by atoms with Crippen molar-refractivity contribution in [1.29, 1.82) is 0 Å². The molecular formula is C17H24F4N2O2. The Morgan fingerprint density at radius 1 is 1.16 bits per heavy atom. The van der Waals surface area contributed by atoms with Gasteiger partial charge in [0.25, 0.3) is 0 Å². The normalized spacial score (nSPS) is 18.4. The number of aliphatic hydroxyl groups is 1. The van der Waals surface area contributed by atoms with Gasteiger partial charge in [0.05, 0.1) is 0 Å². The van der Waals surface area contributed by atoms with Crippen molar-refractivity contribution >= 4 is 0 Å². The summed E-state index contributed by atoms with van der Waals surface area (Å²) in [6, 6.07) is 5.55. The van der Waals surface area contributed by atoms with Gasteiger partial charge >= 0.3 is 12.5 Å². The van der Waals surface area contributed by atoms with Crippen molar-refractivity contribution in [2.24, 2.45) is 5.41 Å². The molecule has 142 valence electrons. The molecule has 0 amide bonds. The van der Waals surface area contributed by atoms with Crippen molar-refractivity contribution < 1.29 is 27.4 Å². The number of benzene rings is 1. The predicted molar refractivity (Wildman–Crippen MR) is 86.1 cm³/mol. The fraction of sp³-hybridized carbons (Fsp3) is 0.647. The first-order chi connectivity index (χ1) is 11.7. The summed E-state index contributed by atoms with van der Waals surface area (Å²) in [6.45, 7) is 7.01. The smallest absolute Gasteiger partial charge is 0.428 e. The van der Waals surface area contributed by atoms with Crippen LogP contribution in [-0.2, 0) is 0 Å². The van der Waals surface area contributed by atoms with Crippen LogP contribution in [0.1, 0.15) is 25.5 Å². The van der Waals surface area contributed by atoms with Gasteiger partial charge in [0, 0.05) is 44.2 Å². The third-order valence-corrected chi connectivity index (χ3v) is 4.37. The molecule has 0 bridgehead atoms. The van der Waals surface area contributed by atoms with Crippen LogP contribution in [0, 0.1) is 5.41 Å². The summed E-state index contributed by atoms with van der Waals surface area (Å²) in [7, 11) is 0. The van der Waals surface area contributed by atoms with E-state index in [4.69, 9.17) is 0 Å². The molecule has 0 spiro atoms. The Kier molecular flexibility index (Phi) is 6.29. The van der Waals surface area contributed by atoms with Crippen LogP contribution in [0.5, 0.6) is 5.75 Å². The van der Waals surface area contributed by atoms with Crippen LogP contribution in [0.4, 0.5) is 17.6 Å². The van der Waals surface area contributed by atoms with Crippen LogP contribution in [0.3, 0.4) is 0 Å². The fourth-order valence-corrected chi connectivity index (χ4v) is 3.10. The first-order valence-corrected chi connectivity index (χ1v) is 8.18. The van der Waals surface area contributed by atoms with Crippen molar-refractivity contribution in [3.05, 3.63) is 29.8 Å². The summed E-state index contributed by atoms with van der Waals surface area (Å²) in [5.41, 5.74) is 0.348. The number of ether oxygens (including phenoxy) is 1. The highest BCUT2D eigenvalue weighted by atomic mass is 19.3. The van der Waals surface area contributed by atoms with E-state index in [2.05, 4.69) is 15.0 Å². The Morgan fingerprint density at radius 2 is 1.72 bits per heavy atom. The minimum atomic E-state index is -4.52. The zero-order chi connectivity index (χ0) is 18.7. The van der Waals surface area contributed by atoms with Gasteiger partial charge in [-0.05, 0) is 17.7 Å². The van der Waals surface area contributed by atoms with Gasteiger partial charge in [-0.1, -0.05) is 26.0 Å². The molecule has 0 radical (unpaired) electrons. The standard InChI is InChI=1S/C17H24F4N2O2/c1-16(2,11-24)14(23-9-7-22-8-10-23)12-3-5-13(6-4-12)25-17(20,21)15(18)19/h3-6,14-15,22,24H,7-11H2,1-2H3/t14-/m0/s1. The van der Waals surface area contributed by atoms with Crippen molar-refractivity contribution in [2.75, 3.05) is 32.8 Å². The molecule has 1 aliphatic heterocycles. The van der Waals surface area contributed by atoms with E-state index in [1.165, 1.54) is 12.1 Å². The second kappa shape index (κ2) is 7.88. The number of nitrogens with zero attached hydrogens (tertiary/aromatic N) is 1. The van der Waals surface area contributed by atoms with E-state index in [1.54, 1.807) is 12.1 Å². The number of aliphatic hydroxyl groups excluding tert-OH is 1. The molecule has 1 aromatic rings. The second-order valence-corrected chi connectivity index (χ2v) is 6.87. The molecule has 1 aliphatic rings. The van der Waals surface area contributed by atoms with Crippen LogP contribution >= 0.6 is 0 Å². The lowest BCUT2D eigenvalue weighted by Crippen LogP contribution is -2.49. The quantitative estimate of drug-likeness (QED) is 0.731. The molecule has 0 saturated carbocycles. The van der Waals surface area contributed by atoms with Crippen LogP contribution in [-0.4, -0.2) is 55.3 Å². The van der Waals surface area contributed by atoms with Crippen molar-refractivity contribution in [1.82, 2.24) is 10.2 Å². The first-order valence-electron chi connectivity index (χ1n) is 8.18. The molecule has 1 fully saturated rings. The van der Waals surface area contributed by atoms with Crippen molar-refractivity contribution in [3.8, 4) is 5.75 Å². The van der Waals surface area contributed by atoms with Gasteiger partial charge in [-0.2, -0.15) is 17.6 Å². The van der Waals surface area contributed by atoms with E-state index in [9.17, 15) is 22.7 Å². The molecule has 1 saturated heterocycles. The van der Waals surface area contributed by atoms with E-state index in [0.717, 1.165) is 31.7 Å². The summed E-state index contributed by atoms with van der Waals surface area (Å²) in [5.74, 6) is -0.324. The maximum absolute atomic E-state index is 13.0. The van der Waals surface area contributed by atoms with Crippen LogP contribution in [0.15, 0.2) is 24.3 Å². The number of piperazine rings is 1. The number of rotatable bonds is 7.